The highest BCUT2D eigenvalue weighted by atomic mass is 16.5. The van der Waals surface area contributed by atoms with E-state index in [1.54, 1.807) is 31.2 Å². The average molecular weight is 329 g/mol. The van der Waals surface area contributed by atoms with E-state index in [9.17, 15) is 9.59 Å². The zero-order valence-corrected chi connectivity index (χ0v) is 14.3. The van der Waals surface area contributed by atoms with Crippen molar-refractivity contribution in [3.63, 3.8) is 0 Å². The summed E-state index contributed by atoms with van der Waals surface area (Å²) in [7, 11) is 0. The highest BCUT2D eigenvalue weighted by Crippen LogP contribution is 2.25. The Bertz CT molecular complexity index is 750. The Kier molecular flexibility index (Phi) is 5.63. The lowest BCUT2D eigenvalue weighted by Gasteiger charge is -2.13. The normalized spacial score (nSPS) is 10.5. The summed E-state index contributed by atoms with van der Waals surface area (Å²) in [5.41, 5.74) is 6.98. The largest absolute Gasteiger partial charge is 0.493 e. The van der Waals surface area contributed by atoms with Gasteiger partial charge in [-0.05, 0) is 38.0 Å². The number of para-hydroxylation sites is 1. The number of carbonyl (C=O) groups is 2. The molecule has 0 saturated heterocycles. The number of hydrogen-bond acceptors (Lipinski definition) is 3. The van der Waals surface area contributed by atoms with E-state index in [2.05, 4.69) is 5.32 Å². The number of amides is 2. The maximum atomic E-state index is 12.7. The first kappa shape index (κ1) is 17.6. The second kappa shape index (κ2) is 7.68. The van der Waals surface area contributed by atoms with Crippen LogP contribution in [0.5, 0.6) is 5.75 Å². The summed E-state index contributed by atoms with van der Waals surface area (Å²) in [4.78, 5) is 24.5. The predicted octanol–water partition coefficient (Wildman–Crippen LogP) is 2.96. The molecule has 0 saturated carbocycles. The summed E-state index contributed by atoms with van der Waals surface area (Å²) in [5, 5.41) is 2.82. The lowest BCUT2D eigenvalue weighted by atomic mass is 10.1. The van der Waals surface area contributed by atoms with E-state index in [1.807, 2.05) is 24.6 Å². The van der Waals surface area contributed by atoms with Crippen LogP contribution in [0.3, 0.4) is 0 Å². The maximum Gasteiger partial charge on any atom is 0.260 e. The smallest absolute Gasteiger partial charge is 0.260 e. The molecule has 0 atom stereocenters. The van der Waals surface area contributed by atoms with Crippen LogP contribution in [-0.2, 0) is 6.54 Å². The van der Waals surface area contributed by atoms with Crippen LogP contribution in [-0.4, -0.2) is 23.0 Å². The number of hydrogen-bond donors (Lipinski definition) is 2. The van der Waals surface area contributed by atoms with E-state index in [0.717, 1.165) is 12.0 Å². The van der Waals surface area contributed by atoms with Gasteiger partial charge in [0.2, 0.25) is 0 Å². The van der Waals surface area contributed by atoms with Gasteiger partial charge in [0.1, 0.15) is 11.6 Å². The van der Waals surface area contributed by atoms with Gasteiger partial charge in [-0.15, -0.1) is 0 Å². The summed E-state index contributed by atoms with van der Waals surface area (Å²) in [6.07, 6.45) is 2.69. The highest BCUT2D eigenvalue weighted by molar-refractivity contribution is 6.09. The number of benzene rings is 1. The molecule has 0 bridgehead atoms. The SMILES string of the molecule is CCCn1cc(C)c(C(N)=O)c1NC(=O)c1ccccc1OCC. The number of anilines is 1. The van der Waals surface area contributed by atoms with E-state index in [0.29, 0.717) is 35.8 Å². The fourth-order valence-electron chi connectivity index (χ4n) is 2.67. The van der Waals surface area contributed by atoms with Crippen LogP contribution < -0.4 is 15.8 Å². The number of nitrogens with zero attached hydrogens (tertiary/aromatic N) is 1. The minimum atomic E-state index is -0.559. The molecule has 0 fully saturated rings. The van der Waals surface area contributed by atoms with E-state index in [1.165, 1.54) is 0 Å². The summed E-state index contributed by atoms with van der Waals surface area (Å²) in [6, 6.07) is 7.00. The zero-order valence-electron chi connectivity index (χ0n) is 14.3. The highest BCUT2D eigenvalue weighted by Gasteiger charge is 2.21. The third-order valence-corrected chi connectivity index (χ3v) is 3.64. The average Bonchev–Trinajstić information content (AvgIpc) is 2.84. The van der Waals surface area contributed by atoms with Gasteiger partial charge in [0.05, 0.1) is 17.7 Å². The lowest BCUT2D eigenvalue weighted by Crippen LogP contribution is -2.20. The molecule has 2 aromatic rings. The first-order valence-corrected chi connectivity index (χ1v) is 8.02. The molecular formula is C18H23N3O3. The fraction of sp³-hybridized carbons (Fsp3) is 0.333. The molecule has 0 aliphatic rings. The standard InChI is InChI=1S/C18H23N3O3/c1-4-10-21-11-12(3)15(16(19)22)17(21)20-18(23)13-8-6-7-9-14(13)24-5-2/h6-9,11H,4-5,10H2,1-3H3,(H2,19,22)(H,20,23). The third kappa shape index (κ3) is 3.59. The molecule has 1 aromatic heterocycles. The van der Waals surface area contributed by atoms with Crippen LogP contribution in [0.15, 0.2) is 30.5 Å². The number of nitrogens with two attached hydrogens (primary N) is 1. The molecule has 0 unspecified atom stereocenters. The minimum Gasteiger partial charge on any atom is -0.493 e. The number of aromatic nitrogens is 1. The van der Waals surface area contributed by atoms with Crippen molar-refractivity contribution in [1.82, 2.24) is 4.57 Å². The van der Waals surface area contributed by atoms with Gasteiger partial charge in [-0.1, -0.05) is 19.1 Å². The lowest BCUT2D eigenvalue weighted by molar-refractivity contribution is 0.100. The first-order chi connectivity index (χ1) is 11.5. The topological polar surface area (TPSA) is 86.4 Å². The van der Waals surface area contributed by atoms with Crippen LogP contribution in [0, 0.1) is 6.92 Å². The molecule has 0 aliphatic heterocycles. The minimum absolute atomic E-state index is 0.336. The molecule has 0 radical (unpaired) electrons. The summed E-state index contributed by atoms with van der Waals surface area (Å²) in [6.45, 7) is 6.82. The number of aryl methyl sites for hydroxylation is 2. The van der Waals surface area contributed by atoms with Crippen molar-refractivity contribution in [2.75, 3.05) is 11.9 Å². The summed E-state index contributed by atoms with van der Waals surface area (Å²) < 4.78 is 7.34. The molecule has 6 heteroatoms. The van der Waals surface area contributed by atoms with E-state index >= 15 is 0 Å². The van der Waals surface area contributed by atoms with Crippen LogP contribution in [0.25, 0.3) is 0 Å². The van der Waals surface area contributed by atoms with E-state index in [4.69, 9.17) is 10.5 Å². The van der Waals surface area contributed by atoms with Gasteiger partial charge >= 0.3 is 0 Å². The van der Waals surface area contributed by atoms with Crippen LogP contribution in [0.4, 0.5) is 5.82 Å². The van der Waals surface area contributed by atoms with Gasteiger partial charge in [0.25, 0.3) is 11.8 Å². The number of rotatable bonds is 7. The Morgan fingerprint density at radius 2 is 1.96 bits per heavy atom. The van der Waals surface area contributed by atoms with Gasteiger partial charge in [-0.3, -0.25) is 9.59 Å². The van der Waals surface area contributed by atoms with Gasteiger partial charge in [0, 0.05) is 12.7 Å². The van der Waals surface area contributed by atoms with Crippen molar-refractivity contribution in [3.8, 4) is 5.75 Å². The fourth-order valence-corrected chi connectivity index (χ4v) is 2.67. The van der Waals surface area contributed by atoms with Crippen molar-refractivity contribution < 1.29 is 14.3 Å². The predicted molar refractivity (Wildman–Crippen MR) is 93.5 cm³/mol. The Labute approximate surface area is 141 Å². The molecule has 2 rings (SSSR count). The number of ether oxygens (including phenoxy) is 1. The van der Waals surface area contributed by atoms with Crippen LogP contribution in [0.2, 0.25) is 0 Å². The monoisotopic (exact) mass is 329 g/mol. The molecule has 1 aromatic carbocycles. The van der Waals surface area contributed by atoms with E-state index < -0.39 is 5.91 Å². The van der Waals surface area contributed by atoms with Crippen molar-refractivity contribution >= 4 is 17.6 Å². The number of primary amides is 1. The van der Waals surface area contributed by atoms with Crippen molar-refractivity contribution in [2.24, 2.45) is 5.73 Å². The molecule has 3 N–H and O–H groups in total. The quantitative estimate of drug-likeness (QED) is 0.819. The summed E-state index contributed by atoms with van der Waals surface area (Å²) in [5.74, 6) is 0.0364. The number of nitrogens with one attached hydrogen (secondary N) is 1. The molecule has 128 valence electrons. The Morgan fingerprint density at radius 3 is 2.58 bits per heavy atom. The molecule has 24 heavy (non-hydrogen) atoms. The first-order valence-electron chi connectivity index (χ1n) is 8.02. The van der Waals surface area contributed by atoms with Gasteiger partial charge in [-0.2, -0.15) is 0 Å². The molecule has 2 amide bonds. The third-order valence-electron chi connectivity index (χ3n) is 3.64. The Hall–Kier alpha value is -2.76. The van der Waals surface area contributed by atoms with Gasteiger partial charge in [0.15, 0.2) is 0 Å². The van der Waals surface area contributed by atoms with Crippen molar-refractivity contribution in [2.45, 2.75) is 33.7 Å². The Balaban J connectivity index is 2.40. The van der Waals surface area contributed by atoms with Crippen molar-refractivity contribution in [1.29, 1.82) is 0 Å². The zero-order chi connectivity index (χ0) is 17.7. The molecular weight excluding hydrogens is 306 g/mol. The van der Waals surface area contributed by atoms with E-state index in [-0.39, 0.29) is 5.91 Å². The molecule has 6 nitrogen and oxygen atoms in total. The van der Waals surface area contributed by atoms with Gasteiger partial charge < -0.3 is 20.4 Å². The van der Waals surface area contributed by atoms with Gasteiger partial charge in [-0.25, -0.2) is 0 Å². The maximum absolute atomic E-state index is 12.7. The number of carbonyl (C=O) groups excluding carboxylic acids is 2. The van der Waals surface area contributed by atoms with Crippen molar-refractivity contribution in [3.05, 3.63) is 47.2 Å². The summed E-state index contributed by atoms with van der Waals surface area (Å²) >= 11 is 0. The molecule has 0 aliphatic carbocycles. The molecule has 1 heterocycles. The second-order valence-electron chi connectivity index (χ2n) is 5.48. The van der Waals surface area contributed by atoms with Crippen LogP contribution >= 0.6 is 0 Å². The second-order valence-corrected chi connectivity index (χ2v) is 5.48. The molecule has 0 spiro atoms. The van der Waals surface area contributed by atoms with Crippen LogP contribution in [0.1, 0.15) is 46.5 Å². The Morgan fingerprint density at radius 1 is 1.25 bits per heavy atom.